The maximum atomic E-state index is 9.59. The predicted octanol–water partition coefficient (Wildman–Crippen LogP) is 2.73. The highest BCUT2D eigenvalue weighted by Gasteiger charge is 1.99. The van der Waals surface area contributed by atoms with Gasteiger partial charge < -0.3 is 15.5 Å². The summed E-state index contributed by atoms with van der Waals surface area (Å²) in [4.78, 5) is 0. The zero-order valence-corrected chi connectivity index (χ0v) is 12.2. The molecule has 0 amide bonds. The Morgan fingerprint density at radius 2 is 1.86 bits per heavy atom. The van der Waals surface area contributed by atoms with Crippen molar-refractivity contribution < 1.29 is 10.2 Å². The van der Waals surface area contributed by atoms with E-state index >= 15 is 0 Å². The first-order chi connectivity index (χ1) is 10.0. The molecule has 5 nitrogen and oxygen atoms in total. The van der Waals surface area contributed by atoms with Crippen LogP contribution in [0.4, 0.5) is 5.69 Å². The van der Waals surface area contributed by atoms with Crippen molar-refractivity contribution in [3.05, 3.63) is 53.6 Å². The molecule has 0 aliphatic carbocycles. The summed E-state index contributed by atoms with van der Waals surface area (Å²) < 4.78 is 0. The van der Waals surface area contributed by atoms with E-state index in [9.17, 15) is 10.2 Å². The monoisotopic (exact) mass is 301 g/mol. The largest absolute Gasteiger partial charge is 0.508 e. The quantitative estimate of drug-likeness (QED) is 0.398. The molecule has 2 rings (SSSR count). The number of thiocarbonyl (C=S) groups is 1. The summed E-state index contributed by atoms with van der Waals surface area (Å²) in [5.74, 6) is -0.0628. The van der Waals surface area contributed by atoms with Crippen LogP contribution < -0.4 is 10.7 Å². The molecular weight excluding hydrogens is 286 g/mol. The number of anilines is 1. The van der Waals surface area contributed by atoms with Crippen LogP contribution in [0.2, 0.25) is 0 Å². The highest BCUT2D eigenvalue weighted by atomic mass is 32.1. The minimum atomic E-state index is -0.0574. The van der Waals surface area contributed by atoms with Crippen molar-refractivity contribution in [3.63, 3.8) is 0 Å². The third-order valence-electron chi connectivity index (χ3n) is 2.69. The lowest BCUT2D eigenvalue weighted by molar-refractivity contribution is 0.450. The Kier molecular flexibility index (Phi) is 4.73. The molecule has 0 radical (unpaired) electrons. The molecule has 4 N–H and O–H groups in total. The van der Waals surface area contributed by atoms with Gasteiger partial charge in [-0.05, 0) is 43.4 Å². The second-order valence-corrected chi connectivity index (χ2v) is 4.84. The van der Waals surface area contributed by atoms with Crippen LogP contribution in [0.25, 0.3) is 0 Å². The van der Waals surface area contributed by atoms with Crippen molar-refractivity contribution in [2.24, 2.45) is 5.10 Å². The molecule has 0 heterocycles. The Morgan fingerprint density at radius 3 is 2.52 bits per heavy atom. The van der Waals surface area contributed by atoms with Gasteiger partial charge in [-0.2, -0.15) is 5.10 Å². The average Bonchev–Trinajstić information content (AvgIpc) is 2.44. The van der Waals surface area contributed by atoms with E-state index in [1.807, 2.05) is 31.2 Å². The number of rotatable bonds is 3. The lowest BCUT2D eigenvalue weighted by atomic mass is 10.2. The minimum absolute atomic E-state index is 0.00540. The molecule has 0 saturated carbocycles. The first-order valence-corrected chi connectivity index (χ1v) is 6.64. The smallest absolute Gasteiger partial charge is 0.191 e. The van der Waals surface area contributed by atoms with Gasteiger partial charge in [0.25, 0.3) is 0 Å². The number of phenols is 2. The van der Waals surface area contributed by atoms with Gasteiger partial charge in [-0.3, -0.25) is 5.43 Å². The molecule has 2 aromatic carbocycles. The fourth-order valence-electron chi connectivity index (χ4n) is 1.60. The molecule has 108 valence electrons. The van der Waals surface area contributed by atoms with E-state index in [0.717, 1.165) is 5.69 Å². The van der Waals surface area contributed by atoms with Crippen LogP contribution >= 0.6 is 12.2 Å². The van der Waals surface area contributed by atoms with E-state index in [0.29, 0.717) is 10.7 Å². The summed E-state index contributed by atoms with van der Waals surface area (Å²) in [7, 11) is 0. The van der Waals surface area contributed by atoms with Crippen LogP contribution in [0, 0.1) is 6.92 Å². The van der Waals surface area contributed by atoms with Gasteiger partial charge in [-0.1, -0.05) is 17.7 Å². The summed E-state index contributed by atoms with van der Waals surface area (Å²) >= 11 is 5.10. The second kappa shape index (κ2) is 6.71. The molecule has 0 saturated heterocycles. The summed E-state index contributed by atoms with van der Waals surface area (Å²) in [5.41, 5.74) is 5.15. The summed E-state index contributed by atoms with van der Waals surface area (Å²) in [6.07, 6.45) is 1.41. The first-order valence-electron chi connectivity index (χ1n) is 6.23. The fraction of sp³-hybridized carbons (Fsp3) is 0.0667. The van der Waals surface area contributed by atoms with Crippen LogP contribution in [0.1, 0.15) is 11.1 Å². The van der Waals surface area contributed by atoms with Crippen LogP contribution in [0.3, 0.4) is 0 Å². The maximum Gasteiger partial charge on any atom is 0.191 e. The van der Waals surface area contributed by atoms with Gasteiger partial charge in [0.15, 0.2) is 5.11 Å². The molecular formula is C15H15N3O2S. The number of hydrogen-bond donors (Lipinski definition) is 4. The van der Waals surface area contributed by atoms with Gasteiger partial charge in [0, 0.05) is 17.3 Å². The number of hydrazone groups is 1. The second-order valence-electron chi connectivity index (χ2n) is 4.43. The summed E-state index contributed by atoms with van der Waals surface area (Å²) in [6.45, 7) is 2.01. The molecule has 0 aromatic heterocycles. The predicted molar refractivity (Wildman–Crippen MR) is 87.9 cm³/mol. The van der Waals surface area contributed by atoms with Crippen LogP contribution in [-0.4, -0.2) is 21.5 Å². The Morgan fingerprint density at radius 1 is 1.14 bits per heavy atom. The van der Waals surface area contributed by atoms with Crippen molar-refractivity contribution in [1.82, 2.24) is 5.43 Å². The zero-order chi connectivity index (χ0) is 15.2. The minimum Gasteiger partial charge on any atom is -0.508 e. The van der Waals surface area contributed by atoms with E-state index < -0.39 is 0 Å². The number of aryl methyl sites for hydroxylation is 1. The molecule has 0 spiro atoms. The highest BCUT2D eigenvalue weighted by Crippen LogP contribution is 2.20. The van der Waals surface area contributed by atoms with E-state index in [-0.39, 0.29) is 11.5 Å². The third-order valence-corrected chi connectivity index (χ3v) is 2.89. The Bertz CT molecular complexity index is 669. The Labute approximate surface area is 127 Å². The number of aromatic hydroxyl groups is 2. The summed E-state index contributed by atoms with van der Waals surface area (Å²) in [5, 5.41) is 26.0. The first kappa shape index (κ1) is 14.8. The van der Waals surface area contributed by atoms with Crippen molar-refractivity contribution in [3.8, 4) is 11.5 Å². The Balaban J connectivity index is 1.91. The molecule has 0 aliphatic rings. The maximum absolute atomic E-state index is 9.59. The fourth-order valence-corrected chi connectivity index (χ4v) is 1.77. The van der Waals surface area contributed by atoms with E-state index in [2.05, 4.69) is 15.8 Å². The van der Waals surface area contributed by atoms with Gasteiger partial charge in [0.2, 0.25) is 0 Å². The van der Waals surface area contributed by atoms with Crippen LogP contribution in [0.15, 0.2) is 47.6 Å². The number of phenolic OH excluding ortho intramolecular Hbond substituents is 2. The molecule has 0 bridgehead atoms. The number of hydrogen-bond acceptors (Lipinski definition) is 4. The summed E-state index contributed by atoms with van der Waals surface area (Å²) in [6, 6.07) is 12.0. The van der Waals surface area contributed by atoms with Gasteiger partial charge in [0.05, 0.1) is 6.21 Å². The molecule has 2 aromatic rings. The molecule has 21 heavy (non-hydrogen) atoms. The number of benzene rings is 2. The highest BCUT2D eigenvalue weighted by molar-refractivity contribution is 7.80. The van der Waals surface area contributed by atoms with Crippen LogP contribution in [-0.2, 0) is 0 Å². The Hall–Kier alpha value is -2.60. The van der Waals surface area contributed by atoms with Gasteiger partial charge in [-0.25, -0.2) is 0 Å². The third kappa shape index (κ3) is 4.47. The van der Waals surface area contributed by atoms with Gasteiger partial charge in [-0.15, -0.1) is 0 Å². The van der Waals surface area contributed by atoms with Gasteiger partial charge in [0.1, 0.15) is 11.5 Å². The van der Waals surface area contributed by atoms with Crippen molar-refractivity contribution >= 4 is 29.2 Å². The lowest BCUT2D eigenvalue weighted by Crippen LogP contribution is -2.23. The molecule has 0 atom stereocenters. The average molecular weight is 301 g/mol. The van der Waals surface area contributed by atoms with Crippen molar-refractivity contribution in [2.75, 3.05) is 5.32 Å². The normalized spacial score (nSPS) is 10.5. The number of nitrogens with zero attached hydrogens (tertiary/aromatic N) is 1. The molecule has 6 heteroatoms. The van der Waals surface area contributed by atoms with E-state index in [4.69, 9.17) is 12.2 Å². The zero-order valence-electron chi connectivity index (χ0n) is 11.4. The van der Waals surface area contributed by atoms with Crippen molar-refractivity contribution in [2.45, 2.75) is 6.92 Å². The lowest BCUT2D eigenvalue weighted by Gasteiger charge is -2.07. The standard InChI is InChI=1S/C15H15N3O2S/c1-10-2-5-12(6-3-10)17-15(21)18-16-9-11-4-7-13(19)8-14(11)20/h2-9,19-20H,1H3,(H2,17,18,21)/b16-9+. The molecule has 0 aliphatic heterocycles. The molecule has 0 unspecified atom stereocenters. The molecule has 0 fully saturated rings. The number of nitrogens with one attached hydrogen (secondary N) is 2. The van der Waals surface area contributed by atoms with Gasteiger partial charge >= 0.3 is 0 Å². The van der Waals surface area contributed by atoms with E-state index in [1.165, 1.54) is 23.9 Å². The topological polar surface area (TPSA) is 76.9 Å². The van der Waals surface area contributed by atoms with Crippen molar-refractivity contribution in [1.29, 1.82) is 0 Å². The van der Waals surface area contributed by atoms with E-state index in [1.54, 1.807) is 6.07 Å². The SMILES string of the molecule is Cc1ccc(NC(=S)N/N=C/c2ccc(O)cc2O)cc1. The van der Waals surface area contributed by atoms with Crippen LogP contribution in [0.5, 0.6) is 11.5 Å².